The third kappa shape index (κ3) is 3.14. The molecule has 0 N–H and O–H groups in total. The van der Waals surface area contributed by atoms with Crippen molar-refractivity contribution < 1.29 is 4.79 Å². The number of hydrogen-bond donors (Lipinski definition) is 0. The second-order valence-corrected chi connectivity index (χ2v) is 7.46. The first-order valence-electron chi connectivity index (χ1n) is 8.40. The van der Waals surface area contributed by atoms with E-state index < -0.39 is 0 Å². The van der Waals surface area contributed by atoms with E-state index >= 15 is 0 Å². The number of carbonyl (C=O) groups excluding carboxylic acids is 1. The van der Waals surface area contributed by atoms with Gasteiger partial charge in [0.25, 0.3) is 0 Å². The molecule has 2 aliphatic rings. The quantitative estimate of drug-likeness (QED) is 0.824. The van der Waals surface area contributed by atoms with Crippen LogP contribution in [0.5, 0.6) is 0 Å². The van der Waals surface area contributed by atoms with Gasteiger partial charge >= 0.3 is 0 Å². The van der Waals surface area contributed by atoms with Gasteiger partial charge in [0.05, 0.1) is 6.42 Å². The van der Waals surface area contributed by atoms with Gasteiger partial charge in [-0.25, -0.2) is 0 Å². The van der Waals surface area contributed by atoms with E-state index in [0.29, 0.717) is 17.7 Å². The predicted molar refractivity (Wildman–Crippen MR) is 86.0 cm³/mol. The maximum atomic E-state index is 12.4. The molecule has 1 amide bonds. The molecule has 2 fully saturated rings. The van der Waals surface area contributed by atoms with Crippen LogP contribution in [0.2, 0.25) is 0 Å². The van der Waals surface area contributed by atoms with E-state index in [1.54, 1.807) is 0 Å². The lowest BCUT2D eigenvalue weighted by atomic mass is 9.55. The Morgan fingerprint density at radius 3 is 2.38 bits per heavy atom. The Morgan fingerprint density at radius 1 is 1.19 bits per heavy atom. The Kier molecular flexibility index (Phi) is 4.05. The third-order valence-corrected chi connectivity index (χ3v) is 5.71. The van der Waals surface area contributed by atoms with E-state index in [1.165, 1.54) is 25.7 Å². The highest BCUT2D eigenvalue weighted by Gasteiger charge is 2.46. The molecule has 1 aliphatic carbocycles. The van der Waals surface area contributed by atoms with Gasteiger partial charge in [0.15, 0.2) is 0 Å². The molecule has 0 unspecified atom stereocenters. The lowest BCUT2D eigenvalue weighted by Crippen LogP contribution is -2.49. The minimum atomic E-state index is 0.302. The van der Waals surface area contributed by atoms with Crippen LogP contribution in [0, 0.1) is 17.3 Å². The van der Waals surface area contributed by atoms with Gasteiger partial charge in [-0.2, -0.15) is 0 Å². The van der Waals surface area contributed by atoms with Crippen molar-refractivity contribution in [1.29, 1.82) is 0 Å². The molecule has 1 spiro atoms. The van der Waals surface area contributed by atoms with Crippen LogP contribution in [0.15, 0.2) is 30.3 Å². The maximum absolute atomic E-state index is 12.4. The zero-order valence-electron chi connectivity index (χ0n) is 13.3. The summed E-state index contributed by atoms with van der Waals surface area (Å²) in [5, 5.41) is 0. The van der Waals surface area contributed by atoms with Crippen molar-refractivity contribution in [3.05, 3.63) is 35.9 Å². The first kappa shape index (κ1) is 14.6. The normalized spacial score (nSPS) is 21.6. The summed E-state index contributed by atoms with van der Waals surface area (Å²) in [6, 6.07) is 10.1. The number of likely N-dealkylation sites (tertiary alicyclic amines) is 1. The highest BCUT2D eigenvalue weighted by molar-refractivity contribution is 5.78. The Morgan fingerprint density at radius 2 is 1.81 bits per heavy atom. The molecule has 1 aromatic carbocycles. The SMILES string of the molecule is CC(C)C1CC2(CCN(C(=O)Cc3ccccc3)CC2)C1. The molecule has 3 rings (SSSR count). The summed E-state index contributed by atoms with van der Waals surface area (Å²) in [5.41, 5.74) is 1.71. The number of benzene rings is 1. The molecule has 2 nitrogen and oxygen atoms in total. The summed E-state index contributed by atoms with van der Waals surface area (Å²) in [4.78, 5) is 14.5. The third-order valence-electron chi connectivity index (χ3n) is 5.71. The monoisotopic (exact) mass is 285 g/mol. The van der Waals surface area contributed by atoms with Gasteiger partial charge in [-0.3, -0.25) is 4.79 Å². The second-order valence-electron chi connectivity index (χ2n) is 7.46. The summed E-state index contributed by atoms with van der Waals surface area (Å²) in [6.07, 6.45) is 5.78. The van der Waals surface area contributed by atoms with Crippen LogP contribution >= 0.6 is 0 Å². The first-order valence-corrected chi connectivity index (χ1v) is 8.40. The van der Waals surface area contributed by atoms with Crippen molar-refractivity contribution in [2.75, 3.05) is 13.1 Å². The molecule has 2 heteroatoms. The number of carbonyl (C=O) groups is 1. The van der Waals surface area contributed by atoms with Crippen LogP contribution in [0.1, 0.15) is 45.1 Å². The molecule has 0 radical (unpaired) electrons. The lowest BCUT2D eigenvalue weighted by Gasteiger charge is -2.53. The topological polar surface area (TPSA) is 20.3 Å². The summed E-state index contributed by atoms with van der Waals surface area (Å²) >= 11 is 0. The average Bonchev–Trinajstić information content (AvgIpc) is 2.45. The van der Waals surface area contributed by atoms with Gasteiger partial charge in [-0.1, -0.05) is 44.2 Å². The van der Waals surface area contributed by atoms with E-state index in [2.05, 4.69) is 18.7 Å². The van der Waals surface area contributed by atoms with Crippen LogP contribution in [0.25, 0.3) is 0 Å². The van der Waals surface area contributed by atoms with Crippen molar-refractivity contribution in [3.63, 3.8) is 0 Å². The van der Waals surface area contributed by atoms with E-state index in [1.807, 2.05) is 30.3 Å². The Hall–Kier alpha value is -1.31. The van der Waals surface area contributed by atoms with E-state index in [9.17, 15) is 4.79 Å². The number of hydrogen-bond acceptors (Lipinski definition) is 1. The number of amides is 1. The van der Waals surface area contributed by atoms with Crippen molar-refractivity contribution in [2.45, 2.75) is 46.0 Å². The van der Waals surface area contributed by atoms with Crippen molar-refractivity contribution in [3.8, 4) is 0 Å². The first-order chi connectivity index (χ1) is 10.1. The molecule has 0 atom stereocenters. The standard InChI is InChI=1S/C19H27NO/c1-15(2)17-13-19(14-17)8-10-20(11-9-19)18(21)12-16-6-4-3-5-7-16/h3-7,15,17H,8-14H2,1-2H3. The van der Waals surface area contributed by atoms with E-state index in [0.717, 1.165) is 30.5 Å². The number of piperidine rings is 1. The molecular formula is C19H27NO. The van der Waals surface area contributed by atoms with Crippen LogP contribution in [-0.2, 0) is 11.2 Å². The maximum Gasteiger partial charge on any atom is 0.226 e. The molecule has 1 saturated heterocycles. The molecule has 1 saturated carbocycles. The minimum absolute atomic E-state index is 0.302. The van der Waals surface area contributed by atoms with Crippen LogP contribution < -0.4 is 0 Å². The van der Waals surface area contributed by atoms with Crippen molar-refractivity contribution >= 4 is 5.91 Å². The Labute approximate surface area is 128 Å². The van der Waals surface area contributed by atoms with E-state index in [4.69, 9.17) is 0 Å². The van der Waals surface area contributed by atoms with Crippen LogP contribution in [0.4, 0.5) is 0 Å². The summed E-state index contributed by atoms with van der Waals surface area (Å²) in [7, 11) is 0. The summed E-state index contributed by atoms with van der Waals surface area (Å²) in [6.45, 7) is 6.62. The highest BCUT2D eigenvalue weighted by Crippen LogP contribution is 2.54. The van der Waals surface area contributed by atoms with Crippen LogP contribution in [-0.4, -0.2) is 23.9 Å². The molecule has 21 heavy (non-hydrogen) atoms. The Bertz CT molecular complexity index is 478. The molecule has 0 aromatic heterocycles. The smallest absolute Gasteiger partial charge is 0.226 e. The van der Waals surface area contributed by atoms with Gasteiger partial charge in [-0.15, -0.1) is 0 Å². The zero-order valence-corrected chi connectivity index (χ0v) is 13.3. The fourth-order valence-electron chi connectivity index (χ4n) is 4.04. The molecule has 1 heterocycles. The molecule has 1 aromatic rings. The molecular weight excluding hydrogens is 258 g/mol. The van der Waals surface area contributed by atoms with Crippen molar-refractivity contribution in [1.82, 2.24) is 4.90 Å². The lowest BCUT2D eigenvalue weighted by molar-refractivity contribution is -0.135. The molecule has 114 valence electrons. The summed E-state index contributed by atoms with van der Waals surface area (Å²) < 4.78 is 0. The van der Waals surface area contributed by atoms with Gasteiger partial charge in [0.2, 0.25) is 5.91 Å². The van der Waals surface area contributed by atoms with Gasteiger partial charge in [0, 0.05) is 13.1 Å². The van der Waals surface area contributed by atoms with Gasteiger partial charge in [0.1, 0.15) is 0 Å². The largest absolute Gasteiger partial charge is 0.342 e. The fraction of sp³-hybridized carbons (Fsp3) is 0.632. The summed E-state index contributed by atoms with van der Waals surface area (Å²) in [5.74, 6) is 2.06. The van der Waals surface area contributed by atoms with Crippen molar-refractivity contribution in [2.24, 2.45) is 17.3 Å². The second kappa shape index (κ2) is 5.82. The Balaban J connectivity index is 1.49. The average molecular weight is 285 g/mol. The zero-order chi connectivity index (χ0) is 14.9. The molecule has 1 aliphatic heterocycles. The predicted octanol–water partition coefficient (Wildman–Crippen LogP) is 3.90. The minimum Gasteiger partial charge on any atom is -0.342 e. The van der Waals surface area contributed by atoms with Crippen LogP contribution in [0.3, 0.4) is 0 Å². The van der Waals surface area contributed by atoms with E-state index in [-0.39, 0.29) is 0 Å². The number of rotatable bonds is 3. The number of nitrogens with zero attached hydrogens (tertiary/aromatic N) is 1. The highest BCUT2D eigenvalue weighted by atomic mass is 16.2. The van der Waals surface area contributed by atoms with Gasteiger partial charge in [-0.05, 0) is 48.5 Å². The fourth-order valence-corrected chi connectivity index (χ4v) is 4.04. The van der Waals surface area contributed by atoms with Gasteiger partial charge < -0.3 is 4.90 Å². The molecule has 0 bridgehead atoms.